The van der Waals surface area contributed by atoms with E-state index in [-0.39, 0.29) is 0 Å². The zero-order valence-electron chi connectivity index (χ0n) is 11.0. The van der Waals surface area contributed by atoms with Crippen LogP contribution in [0.15, 0.2) is 0 Å². The molecule has 0 saturated heterocycles. The molecule has 0 fully saturated rings. The van der Waals surface area contributed by atoms with Gasteiger partial charge in [-0.25, -0.2) is 0 Å². The lowest BCUT2D eigenvalue weighted by atomic mass is 10.1. The maximum Gasteiger partial charge on any atom is 0.228 e. The van der Waals surface area contributed by atoms with Crippen molar-refractivity contribution in [2.24, 2.45) is 0 Å². The highest BCUT2D eigenvalue weighted by molar-refractivity contribution is 4.65. The van der Waals surface area contributed by atoms with Crippen LogP contribution in [0, 0.1) is 0 Å². The number of ether oxygens (including phenoxy) is 2. The molecule has 0 N–H and O–H groups in total. The minimum Gasteiger partial charge on any atom is -0.341 e. The van der Waals surface area contributed by atoms with Gasteiger partial charge in [-0.05, 0) is 20.5 Å². The molecule has 0 atom stereocenters. The maximum absolute atomic E-state index is 5.46. The van der Waals surface area contributed by atoms with E-state index in [4.69, 9.17) is 9.47 Å². The molecule has 0 bridgehead atoms. The largest absolute Gasteiger partial charge is 0.341 e. The topological polar surface area (TPSA) is 21.7 Å². The van der Waals surface area contributed by atoms with Crippen molar-refractivity contribution in [3.8, 4) is 0 Å². The molecule has 15 heavy (non-hydrogen) atoms. The van der Waals surface area contributed by atoms with Gasteiger partial charge in [0.05, 0.1) is 0 Å². The third-order valence-electron chi connectivity index (χ3n) is 2.92. The van der Waals surface area contributed by atoms with Crippen molar-refractivity contribution in [2.45, 2.75) is 51.4 Å². The second kappa shape index (κ2) is 8.08. The Balaban J connectivity index is 3.86. The predicted octanol–water partition coefficient (Wildman–Crippen LogP) is 2.86. The standard InChI is InChI=1S/C12H27NO2/c1-6-7-8-9-10-11-12(14-4,15-5)13(2)3/h6-11H2,1-5H3. The molecule has 0 saturated carbocycles. The van der Waals surface area contributed by atoms with Gasteiger partial charge in [-0.1, -0.05) is 32.6 Å². The Morgan fingerprint density at radius 1 is 0.933 bits per heavy atom. The first-order chi connectivity index (χ1) is 7.13. The summed E-state index contributed by atoms with van der Waals surface area (Å²) in [6.07, 6.45) is 7.27. The maximum atomic E-state index is 5.46. The SMILES string of the molecule is CCCCCCCC(OC)(OC)N(C)C. The second-order valence-electron chi connectivity index (χ2n) is 4.18. The van der Waals surface area contributed by atoms with Gasteiger partial charge in [0, 0.05) is 20.6 Å². The summed E-state index contributed by atoms with van der Waals surface area (Å²) in [5.41, 5.74) is 0. The van der Waals surface area contributed by atoms with Crippen LogP contribution in [0.5, 0.6) is 0 Å². The van der Waals surface area contributed by atoms with E-state index in [9.17, 15) is 0 Å². The van der Waals surface area contributed by atoms with E-state index in [1.807, 2.05) is 19.0 Å². The van der Waals surface area contributed by atoms with Gasteiger partial charge in [0.25, 0.3) is 0 Å². The lowest BCUT2D eigenvalue weighted by Crippen LogP contribution is -2.47. The number of rotatable bonds is 9. The summed E-state index contributed by atoms with van der Waals surface area (Å²) in [7, 11) is 7.38. The van der Waals surface area contributed by atoms with Crippen molar-refractivity contribution < 1.29 is 9.47 Å². The van der Waals surface area contributed by atoms with Crippen molar-refractivity contribution >= 4 is 0 Å². The average Bonchev–Trinajstić information content (AvgIpc) is 2.23. The summed E-state index contributed by atoms with van der Waals surface area (Å²) in [4.78, 5) is 1.99. The molecule has 0 aromatic rings. The Morgan fingerprint density at radius 3 is 1.87 bits per heavy atom. The highest BCUT2D eigenvalue weighted by Crippen LogP contribution is 2.22. The number of hydrogen-bond acceptors (Lipinski definition) is 3. The molecule has 3 nitrogen and oxygen atoms in total. The Kier molecular flexibility index (Phi) is 8.02. The van der Waals surface area contributed by atoms with Crippen molar-refractivity contribution in [3.63, 3.8) is 0 Å². The van der Waals surface area contributed by atoms with Gasteiger partial charge in [-0.2, -0.15) is 0 Å². The van der Waals surface area contributed by atoms with Crippen LogP contribution in [0.1, 0.15) is 45.4 Å². The highest BCUT2D eigenvalue weighted by atomic mass is 16.7. The molecule has 0 radical (unpaired) electrons. The van der Waals surface area contributed by atoms with E-state index in [1.165, 1.54) is 25.7 Å². The number of nitrogens with zero attached hydrogens (tertiary/aromatic N) is 1. The van der Waals surface area contributed by atoms with Crippen molar-refractivity contribution in [2.75, 3.05) is 28.3 Å². The Labute approximate surface area is 94.7 Å². The molecule has 0 rings (SSSR count). The van der Waals surface area contributed by atoms with Gasteiger partial charge in [0.15, 0.2) is 0 Å². The first kappa shape index (κ1) is 14.9. The molecular weight excluding hydrogens is 190 g/mol. The highest BCUT2D eigenvalue weighted by Gasteiger charge is 2.31. The summed E-state index contributed by atoms with van der Waals surface area (Å²) < 4.78 is 10.9. The molecule has 92 valence electrons. The average molecular weight is 217 g/mol. The van der Waals surface area contributed by atoms with Gasteiger partial charge >= 0.3 is 0 Å². The fourth-order valence-electron chi connectivity index (χ4n) is 1.83. The minimum atomic E-state index is -0.536. The van der Waals surface area contributed by atoms with Crippen LogP contribution in [0.2, 0.25) is 0 Å². The molecule has 0 unspecified atom stereocenters. The molecule has 0 amide bonds. The summed E-state index contributed by atoms with van der Waals surface area (Å²) in [5.74, 6) is -0.536. The predicted molar refractivity (Wildman–Crippen MR) is 63.8 cm³/mol. The zero-order valence-corrected chi connectivity index (χ0v) is 11.0. The molecule has 0 aromatic carbocycles. The summed E-state index contributed by atoms with van der Waals surface area (Å²) in [6.45, 7) is 2.23. The first-order valence-corrected chi connectivity index (χ1v) is 5.90. The van der Waals surface area contributed by atoms with Gasteiger partial charge in [-0.15, -0.1) is 0 Å². The fourth-order valence-corrected chi connectivity index (χ4v) is 1.83. The first-order valence-electron chi connectivity index (χ1n) is 5.90. The van der Waals surface area contributed by atoms with Crippen LogP contribution in [0.25, 0.3) is 0 Å². The van der Waals surface area contributed by atoms with Gasteiger partial charge < -0.3 is 9.47 Å². The number of methoxy groups -OCH3 is 2. The van der Waals surface area contributed by atoms with E-state index < -0.39 is 5.91 Å². The molecule has 0 aliphatic heterocycles. The molecule has 0 heterocycles. The van der Waals surface area contributed by atoms with Crippen LogP contribution in [0.4, 0.5) is 0 Å². The number of hydrogen-bond donors (Lipinski definition) is 0. The van der Waals surface area contributed by atoms with E-state index in [0.29, 0.717) is 0 Å². The van der Waals surface area contributed by atoms with Crippen LogP contribution >= 0.6 is 0 Å². The lowest BCUT2D eigenvalue weighted by molar-refractivity contribution is -0.286. The third-order valence-corrected chi connectivity index (χ3v) is 2.92. The quantitative estimate of drug-likeness (QED) is 0.438. The van der Waals surface area contributed by atoms with Gasteiger partial charge in [-0.3, -0.25) is 4.90 Å². The summed E-state index contributed by atoms with van der Waals surface area (Å²) in [6, 6.07) is 0. The molecule has 0 aliphatic carbocycles. The summed E-state index contributed by atoms with van der Waals surface area (Å²) in [5, 5.41) is 0. The van der Waals surface area contributed by atoms with Crippen LogP contribution in [0.3, 0.4) is 0 Å². The number of unbranched alkanes of at least 4 members (excludes halogenated alkanes) is 4. The van der Waals surface area contributed by atoms with Crippen molar-refractivity contribution in [1.29, 1.82) is 0 Å². The van der Waals surface area contributed by atoms with Gasteiger partial charge in [0.2, 0.25) is 5.91 Å². The summed E-state index contributed by atoms with van der Waals surface area (Å²) >= 11 is 0. The van der Waals surface area contributed by atoms with E-state index >= 15 is 0 Å². The second-order valence-corrected chi connectivity index (χ2v) is 4.18. The van der Waals surface area contributed by atoms with E-state index in [1.54, 1.807) is 14.2 Å². The van der Waals surface area contributed by atoms with E-state index in [2.05, 4.69) is 6.92 Å². The Morgan fingerprint density at radius 2 is 1.47 bits per heavy atom. The Hall–Kier alpha value is -0.120. The van der Waals surface area contributed by atoms with Crippen molar-refractivity contribution in [3.05, 3.63) is 0 Å². The molecule has 3 heteroatoms. The minimum absolute atomic E-state index is 0.536. The lowest BCUT2D eigenvalue weighted by Gasteiger charge is -2.36. The van der Waals surface area contributed by atoms with Gasteiger partial charge in [0.1, 0.15) is 0 Å². The Bertz CT molecular complexity index is 145. The molecular formula is C12H27NO2. The fraction of sp³-hybridized carbons (Fsp3) is 1.00. The van der Waals surface area contributed by atoms with Crippen LogP contribution in [-0.4, -0.2) is 39.1 Å². The van der Waals surface area contributed by atoms with Crippen molar-refractivity contribution in [1.82, 2.24) is 4.90 Å². The van der Waals surface area contributed by atoms with Crippen LogP contribution in [-0.2, 0) is 9.47 Å². The normalized spacial score (nSPS) is 12.4. The third kappa shape index (κ3) is 4.96. The van der Waals surface area contributed by atoms with E-state index in [0.717, 1.165) is 12.8 Å². The van der Waals surface area contributed by atoms with Crippen LogP contribution < -0.4 is 0 Å². The zero-order chi connectivity index (χ0) is 11.7. The monoisotopic (exact) mass is 217 g/mol. The molecule has 0 spiro atoms. The molecule has 0 aliphatic rings. The molecule has 0 aromatic heterocycles. The smallest absolute Gasteiger partial charge is 0.228 e.